The van der Waals surface area contributed by atoms with Crippen LogP contribution in [0.15, 0.2) is 66.7 Å². The average molecular weight is 629 g/mol. The van der Waals surface area contributed by atoms with Gasteiger partial charge in [0.1, 0.15) is 18.4 Å². The predicted molar refractivity (Wildman–Crippen MR) is 173 cm³/mol. The molecule has 1 unspecified atom stereocenters. The van der Waals surface area contributed by atoms with Crippen molar-refractivity contribution in [2.24, 2.45) is 0 Å². The predicted octanol–water partition coefficient (Wildman–Crippen LogP) is 6.23. The second-order valence-corrected chi connectivity index (χ2v) is 12.6. The molecular formula is C35H41FN6O4. The van der Waals surface area contributed by atoms with Crippen molar-refractivity contribution in [2.75, 3.05) is 19.1 Å². The number of halogens is 1. The van der Waals surface area contributed by atoms with E-state index in [1.165, 1.54) is 65.9 Å². The summed E-state index contributed by atoms with van der Waals surface area (Å²) in [5.41, 5.74) is 2.25. The van der Waals surface area contributed by atoms with Gasteiger partial charge in [0, 0.05) is 16.8 Å². The van der Waals surface area contributed by atoms with Crippen LogP contribution in [-0.2, 0) is 16.1 Å². The third-order valence-electron chi connectivity index (χ3n) is 8.08. The second-order valence-electron chi connectivity index (χ2n) is 12.6. The highest BCUT2D eigenvalue weighted by Gasteiger charge is 2.35. The van der Waals surface area contributed by atoms with E-state index >= 15 is 0 Å². The maximum atomic E-state index is 14.3. The fourth-order valence-corrected chi connectivity index (χ4v) is 5.88. The van der Waals surface area contributed by atoms with Crippen LogP contribution in [0.3, 0.4) is 0 Å². The third-order valence-corrected chi connectivity index (χ3v) is 8.08. The van der Waals surface area contributed by atoms with E-state index in [1.54, 1.807) is 25.3 Å². The summed E-state index contributed by atoms with van der Waals surface area (Å²) in [6.45, 7) is 5.30. The van der Waals surface area contributed by atoms with Gasteiger partial charge in [0.25, 0.3) is 5.91 Å². The van der Waals surface area contributed by atoms with Gasteiger partial charge in [-0.2, -0.15) is 4.80 Å². The van der Waals surface area contributed by atoms with E-state index in [0.29, 0.717) is 34.2 Å². The van der Waals surface area contributed by atoms with Crippen molar-refractivity contribution in [2.45, 2.75) is 76.9 Å². The van der Waals surface area contributed by atoms with Gasteiger partial charge >= 0.3 is 0 Å². The van der Waals surface area contributed by atoms with E-state index in [0.717, 1.165) is 12.8 Å². The van der Waals surface area contributed by atoms with Crippen molar-refractivity contribution < 1.29 is 23.5 Å². The zero-order chi connectivity index (χ0) is 32.8. The van der Waals surface area contributed by atoms with Crippen molar-refractivity contribution in [3.05, 3.63) is 83.7 Å². The number of rotatable bonds is 10. The summed E-state index contributed by atoms with van der Waals surface area (Å²) in [6, 6.07) is 17.6. The van der Waals surface area contributed by atoms with Crippen molar-refractivity contribution in [1.82, 2.24) is 25.5 Å². The van der Waals surface area contributed by atoms with Crippen molar-refractivity contribution in [3.63, 3.8) is 0 Å². The first-order chi connectivity index (χ1) is 22.1. The molecule has 2 amide bonds. The lowest BCUT2D eigenvalue weighted by Crippen LogP contribution is -2.50. The van der Waals surface area contributed by atoms with Gasteiger partial charge in [0.2, 0.25) is 11.7 Å². The largest absolute Gasteiger partial charge is 0.493 e. The molecule has 0 saturated heterocycles. The molecule has 1 saturated carbocycles. The second kappa shape index (κ2) is 14.1. The Hall–Kier alpha value is -4.80. The van der Waals surface area contributed by atoms with Gasteiger partial charge in [-0.25, -0.2) is 4.39 Å². The number of hydrogen-bond donors (Lipinski definition) is 1. The SMILES string of the molecule is COc1ccc(-c2nnn(CC(=O)N(c3ccc(C4CCCCC4)cc3)C(C(=O)NC(C)(C)C)c3ccc(F)cc3)n2)cc1OC. The number of benzene rings is 3. The molecule has 4 aromatic rings. The summed E-state index contributed by atoms with van der Waals surface area (Å²) in [4.78, 5) is 30.9. The minimum absolute atomic E-state index is 0.290. The zero-order valence-corrected chi connectivity index (χ0v) is 27.0. The van der Waals surface area contributed by atoms with Crippen molar-refractivity contribution in [1.29, 1.82) is 0 Å². The number of anilines is 1. The lowest BCUT2D eigenvalue weighted by molar-refractivity contribution is -0.128. The highest BCUT2D eigenvalue weighted by Crippen LogP contribution is 2.35. The Kier molecular flexibility index (Phi) is 9.99. The molecule has 11 heteroatoms. The number of methoxy groups -OCH3 is 2. The van der Waals surface area contributed by atoms with Gasteiger partial charge in [-0.15, -0.1) is 10.2 Å². The standard InChI is InChI=1S/C35H41FN6O4/c1-35(2,3)37-34(44)32(25-11-16-27(36)17-12-25)42(28-18-13-24(14-19-28)23-9-7-6-8-10-23)31(43)22-41-39-33(38-40-41)26-15-20-29(45-4)30(21-26)46-5/h11-21,23,32H,6-10,22H2,1-5H3,(H,37,44). The number of tetrazole rings is 1. The van der Waals surface area contributed by atoms with Crippen LogP contribution in [0.1, 0.15) is 76.0 Å². The fraction of sp³-hybridized carbons (Fsp3) is 0.400. The maximum Gasteiger partial charge on any atom is 0.251 e. The minimum Gasteiger partial charge on any atom is -0.493 e. The number of hydrogen-bond acceptors (Lipinski definition) is 7. The van der Waals surface area contributed by atoms with Gasteiger partial charge in [-0.05, 0) is 98.3 Å². The molecule has 3 aromatic carbocycles. The third kappa shape index (κ3) is 7.70. The molecule has 1 aliphatic carbocycles. The molecule has 0 radical (unpaired) electrons. The Morgan fingerprint density at radius 2 is 1.63 bits per heavy atom. The van der Waals surface area contributed by atoms with Crippen molar-refractivity contribution >= 4 is 17.5 Å². The van der Waals surface area contributed by atoms with Crippen molar-refractivity contribution in [3.8, 4) is 22.9 Å². The monoisotopic (exact) mass is 628 g/mol. The average Bonchev–Trinajstić information content (AvgIpc) is 3.51. The number of ether oxygens (including phenoxy) is 2. The molecule has 0 aliphatic heterocycles. The molecule has 1 N–H and O–H groups in total. The number of amides is 2. The van der Waals surface area contributed by atoms with E-state index in [2.05, 4.69) is 20.7 Å². The van der Waals surface area contributed by atoms with E-state index in [1.807, 2.05) is 45.0 Å². The molecule has 1 aromatic heterocycles. The summed E-state index contributed by atoms with van der Waals surface area (Å²) in [5.74, 6) is 0.530. The van der Waals surface area contributed by atoms with Crippen LogP contribution in [0.5, 0.6) is 11.5 Å². The van der Waals surface area contributed by atoms with Gasteiger partial charge in [-0.3, -0.25) is 14.5 Å². The topological polar surface area (TPSA) is 111 Å². The van der Waals surface area contributed by atoms with Crippen LogP contribution in [-0.4, -0.2) is 51.8 Å². The Bertz CT molecular complexity index is 1640. The van der Waals surface area contributed by atoms with Crippen LogP contribution >= 0.6 is 0 Å². The van der Waals surface area contributed by atoms with Crippen LogP contribution in [0.2, 0.25) is 0 Å². The maximum absolute atomic E-state index is 14.3. The van der Waals surface area contributed by atoms with E-state index in [9.17, 15) is 14.0 Å². The highest BCUT2D eigenvalue weighted by molar-refractivity contribution is 6.01. The van der Waals surface area contributed by atoms with Gasteiger partial charge in [0.05, 0.1) is 14.2 Å². The van der Waals surface area contributed by atoms with Gasteiger partial charge < -0.3 is 14.8 Å². The summed E-state index contributed by atoms with van der Waals surface area (Å²) in [7, 11) is 3.09. The summed E-state index contributed by atoms with van der Waals surface area (Å²) in [5, 5.41) is 15.8. The fourth-order valence-electron chi connectivity index (χ4n) is 5.88. The molecule has 1 heterocycles. The molecular weight excluding hydrogens is 587 g/mol. The van der Waals surface area contributed by atoms with E-state index in [4.69, 9.17) is 9.47 Å². The molecule has 242 valence electrons. The number of nitrogens with one attached hydrogen (secondary N) is 1. The lowest BCUT2D eigenvalue weighted by atomic mass is 9.84. The molecule has 10 nitrogen and oxygen atoms in total. The lowest BCUT2D eigenvalue weighted by Gasteiger charge is -2.34. The number of carbonyl (C=O) groups excluding carboxylic acids is 2. The Labute approximate surface area is 268 Å². The smallest absolute Gasteiger partial charge is 0.251 e. The summed E-state index contributed by atoms with van der Waals surface area (Å²) in [6.07, 6.45) is 5.92. The normalized spacial score (nSPS) is 14.4. The molecule has 1 atom stereocenters. The minimum atomic E-state index is -1.10. The van der Waals surface area contributed by atoms with Crippen LogP contribution in [0.4, 0.5) is 10.1 Å². The first-order valence-corrected chi connectivity index (χ1v) is 15.6. The molecule has 46 heavy (non-hydrogen) atoms. The Morgan fingerprint density at radius 3 is 2.26 bits per heavy atom. The number of aromatic nitrogens is 4. The first-order valence-electron chi connectivity index (χ1n) is 15.6. The first kappa shape index (κ1) is 32.6. The summed E-state index contributed by atoms with van der Waals surface area (Å²) < 4.78 is 24.7. The van der Waals surface area contributed by atoms with Gasteiger partial charge in [-0.1, -0.05) is 43.5 Å². The molecule has 0 bridgehead atoms. The summed E-state index contributed by atoms with van der Waals surface area (Å²) >= 11 is 0. The number of carbonyl (C=O) groups is 2. The molecule has 1 fully saturated rings. The number of nitrogens with zero attached hydrogens (tertiary/aromatic N) is 5. The highest BCUT2D eigenvalue weighted by atomic mass is 19.1. The van der Waals surface area contributed by atoms with Crippen LogP contribution < -0.4 is 19.7 Å². The van der Waals surface area contributed by atoms with Crippen LogP contribution in [0, 0.1) is 5.82 Å². The molecule has 5 rings (SSSR count). The van der Waals surface area contributed by atoms with E-state index < -0.39 is 29.2 Å². The Morgan fingerprint density at radius 1 is 0.957 bits per heavy atom. The molecule has 0 spiro atoms. The van der Waals surface area contributed by atoms with Gasteiger partial charge in [0.15, 0.2) is 11.5 Å². The molecule has 1 aliphatic rings. The van der Waals surface area contributed by atoms with Crippen LogP contribution in [0.25, 0.3) is 11.4 Å². The van der Waals surface area contributed by atoms with E-state index in [-0.39, 0.29) is 12.4 Å². The zero-order valence-electron chi connectivity index (χ0n) is 27.0. The Balaban J connectivity index is 1.51. The quantitative estimate of drug-likeness (QED) is 0.222.